The number of ether oxygens (including phenoxy) is 2. The smallest absolute Gasteiger partial charge is 0.310 e. The molecule has 4 rings (SSSR count). The molecule has 1 N–H and O–H groups in total. The van der Waals surface area contributed by atoms with E-state index in [4.69, 9.17) is 9.47 Å². The van der Waals surface area contributed by atoms with Crippen LogP contribution < -0.4 is 0 Å². The molecule has 5 nitrogen and oxygen atoms in total. The van der Waals surface area contributed by atoms with Gasteiger partial charge in [-0.05, 0) is 29.9 Å². The van der Waals surface area contributed by atoms with Crippen molar-refractivity contribution in [2.45, 2.75) is 24.7 Å². The van der Waals surface area contributed by atoms with E-state index >= 15 is 0 Å². The highest BCUT2D eigenvalue weighted by Crippen LogP contribution is 2.58. The number of carbonyl (C=O) groups is 2. The Hall–Kier alpha value is -2.66. The molecule has 152 valence electrons. The molecule has 1 saturated carbocycles. The summed E-state index contributed by atoms with van der Waals surface area (Å²) in [5.74, 6) is -2.78. The first-order valence-electron chi connectivity index (χ1n) is 10.2. The predicted molar refractivity (Wildman–Crippen MR) is 107 cm³/mol. The second kappa shape index (κ2) is 8.78. The molecule has 29 heavy (non-hydrogen) atoms. The number of hydrogen-bond donors (Lipinski definition) is 1. The van der Waals surface area contributed by atoms with Crippen LogP contribution in [-0.4, -0.2) is 36.9 Å². The van der Waals surface area contributed by atoms with E-state index in [1.165, 1.54) is 0 Å². The van der Waals surface area contributed by atoms with Crippen LogP contribution in [0.25, 0.3) is 0 Å². The summed E-state index contributed by atoms with van der Waals surface area (Å²) in [7, 11) is 0. The van der Waals surface area contributed by atoms with Gasteiger partial charge < -0.3 is 14.6 Å². The van der Waals surface area contributed by atoms with Crippen molar-refractivity contribution in [2.75, 3.05) is 19.8 Å². The molecule has 1 saturated heterocycles. The maximum absolute atomic E-state index is 13.2. The fourth-order valence-corrected chi connectivity index (χ4v) is 4.74. The third-order valence-electron chi connectivity index (χ3n) is 6.28. The third kappa shape index (κ3) is 4.06. The SMILES string of the molecule is O=C(O)[C@H]1[C@H](c2ccccc2)[C@H](C(=O)OCC2CCOCC2)[C@H]1c1ccccc1. The topological polar surface area (TPSA) is 72.8 Å². The lowest BCUT2D eigenvalue weighted by atomic mass is 9.52. The molecule has 0 amide bonds. The van der Waals surface area contributed by atoms with Crippen LogP contribution >= 0.6 is 0 Å². The highest BCUT2D eigenvalue weighted by Gasteiger charge is 2.59. The van der Waals surface area contributed by atoms with Crippen molar-refractivity contribution in [3.05, 3.63) is 71.8 Å². The van der Waals surface area contributed by atoms with Gasteiger partial charge in [-0.1, -0.05) is 60.7 Å². The Bertz CT molecular complexity index is 781. The van der Waals surface area contributed by atoms with Crippen LogP contribution in [0.2, 0.25) is 0 Å². The molecule has 0 bridgehead atoms. The molecular formula is C24H26O5. The maximum Gasteiger partial charge on any atom is 0.310 e. The van der Waals surface area contributed by atoms with Crippen LogP contribution in [-0.2, 0) is 19.1 Å². The lowest BCUT2D eigenvalue weighted by Gasteiger charge is -2.49. The van der Waals surface area contributed by atoms with Gasteiger partial charge in [0.25, 0.3) is 0 Å². The standard InChI is InChI=1S/C24H26O5/c25-23(26)21-19(17-7-3-1-4-8-17)22(20(21)18-9-5-2-6-10-18)24(27)29-15-16-11-13-28-14-12-16/h1-10,16,19-22H,11-15H2,(H,25,26)/t19-,20-,21-,22-/m0/s1. The molecular weight excluding hydrogens is 368 g/mol. The summed E-state index contributed by atoms with van der Waals surface area (Å²) in [5.41, 5.74) is 1.75. The minimum Gasteiger partial charge on any atom is -0.481 e. The second-order valence-corrected chi connectivity index (χ2v) is 7.95. The number of carboxylic acid groups (broad SMARTS) is 1. The Morgan fingerprint density at radius 3 is 1.86 bits per heavy atom. The van der Waals surface area contributed by atoms with Gasteiger partial charge in [0.15, 0.2) is 0 Å². The van der Waals surface area contributed by atoms with Crippen molar-refractivity contribution >= 4 is 11.9 Å². The Morgan fingerprint density at radius 2 is 1.38 bits per heavy atom. The Kier molecular flexibility index (Phi) is 5.95. The van der Waals surface area contributed by atoms with E-state index in [-0.39, 0.29) is 17.8 Å². The van der Waals surface area contributed by atoms with E-state index in [1.54, 1.807) is 0 Å². The average Bonchev–Trinajstić information content (AvgIpc) is 2.73. The van der Waals surface area contributed by atoms with Gasteiger partial charge in [-0.15, -0.1) is 0 Å². The summed E-state index contributed by atoms with van der Waals surface area (Å²) in [4.78, 5) is 25.3. The molecule has 0 spiro atoms. The second-order valence-electron chi connectivity index (χ2n) is 7.95. The lowest BCUT2D eigenvalue weighted by molar-refractivity contribution is -0.165. The Labute approximate surface area is 170 Å². The van der Waals surface area contributed by atoms with Crippen molar-refractivity contribution in [3.8, 4) is 0 Å². The first-order valence-corrected chi connectivity index (χ1v) is 10.2. The summed E-state index contributed by atoms with van der Waals surface area (Å²) < 4.78 is 11.1. The van der Waals surface area contributed by atoms with Crippen molar-refractivity contribution < 1.29 is 24.2 Å². The van der Waals surface area contributed by atoms with Gasteiger partial charge in [0, 0.05) is 25.0 Å². The van der Waals surface area contributed by atoms with E-state index in [2.05, 4.69) is 0 Å². The van der Waals surface area contributed by atoms with Crippen molar-refractivity contribution in [1.82, 2.24) is 0 Å². The average molecular weight is 394 g/mol. The van der Waals surface area contributed by atoms with Crippen molar-refractivity contribution in [2.24, 2.45) is 17.8 Å². The zero-order chi connectivity index (χ0) is 20.2. The van der Waals surface area contributed by atoms with Gasteiger partial charge in [-0.2, -0.15) is 0 Å². The molecule has 0 radical (unpaired) electrons. The number of carbonyl (C=O) groups excluding carboxylic acids is 1. The molecule has 2 aliphatic rings. The number of aliphatic carboxylic acids is 1. The third-order valence-corrected chi connectivity index (χ3v) is 6.28. The first kappa shape index (κ1) is 19.6. The maximum atomic E-state index is 13.2. The molecule has 1 heterocycles. The molecule has 2 fully saturated rings. The lowest BCUT2D eigenvalue weighted by Crippen LogP contribution is -2.51. The summed E-state index contributed by atoms with van der Waals surface area (Å²) >= 11 is 0. The summed E-state index contributed by atoms with van der Waals surface area (Å²) in [6.07, 6.45) is 1.78. The monoisotopic (exact) mass is 394 g/mol. The number of rotatable bonds is 6. The van der Waals surface area contributed by atoms with E-state index in [0.717, 1.165) is 24.0 Å². The Morgan fingerprint density at radius 1 is 0.862 bits per heavy atom. The molecule has 2 atom stereocenters. The minimum atomic E-state index is -0.874. The van der Waals surface area contributed by atoms with Crippen molar-refractivity contribution in [1.29, 1.82) is 0 Å². The van der Waals surface area contributed by atoms with E-state index in [9.17, 15) is 14.7 Å². The van der Waals surface area contributed by atoms with E-state index < -0.39 is 17.8 Å². The van der Waals surface area contributed by atoms with Gasteiger partial charge >= 0.3 is 11.9 Å². The number of hydrogen-bond acceptors (Lipinski definition) is 4. The van der Waals surface area contributed by atoms with E-state index in [1.807, 2.05) is 60.7 Å². The van der Waals surface area contributed by atoms with Gasteiger partial charge in [-0.3, -0.25) is 9.59 Å². The fourth-order valence-electron chi connectivity index (χ4n) is 4.74. The molecule has 1 aliphatic heterocycles. The molecule has 0 aromatic heterocycles. The Balaban J connectivity index is 1.60. The van der Waals surface area contributed by atoms with Crippen LogP contribution in [0, 0.1) is 17.8 Å². The molecule has 5 heteroatoms. The summed E-state index contributed by atoms with van der Waals surface area (Å²) in [6, 6.07) is 18.9. The van der Waals surface area contributed by atoms with Gasteiger partial charge in [0.1, 0.15) is 0 Å². The van der Waals surface area contributed by atoms with E-state index in [0.29, 0.717) is 25.7 Å². The van der Waals surface area contributed by atoms with Crippen molar-refractivity contribution in [3.63, 3.8) is 0 Å². The molecule has 2 aromatic rings. The molecule has 2 aromatic carbocycles. The summed E-state index contributed by atoms with van der Waals surface area (Å²) in [6.45, 7) is 1.78. The van der Waals surface area contributed by atoms with Crippen LogP contribution in [0.15, 0.2) is 60.7 Å². The number of carboxylic acids is 1. The predicted octanol–water partition coefficient (Wildman–Crippen LogP) is 3.85. The van der Waals surface area contributed by atoms with Gasteiger partial charge in [0.2, 0.25) is 0 Å². The largest absolute Gasteiger partial charge is 0.481 e. The zero-order valence-electron chi connectivity index (χ0n) is 16.3. The molecule has 1 aliphatic carbocycles. The fraction of sp³-hybridized carbons (Fsp3) is 0.417. The summed E-state index contributed by atoms with van der Waals surface area (Å²) in [5, 5.41) is 9.96. The quantitative estimate of drug-likeness (QED) is 0.754. The van der Waals surface area contributed by atoms with Gasteiger partial charge in [0.05, 0.1) is 18.4 Å². The first-order chi connectivity index (χ1) is 14.2. The minimum absolute atomic E-state index is 0.295. The normalized spacial score (nSPS) is 27.0. The zero-order valence-corrected chi connectivity index (χ0v) is 16.3. The van der Waals surface area contributed by atoms with Crippen LogP contribution in [0.4, 0.5) is 0 Å². The number of esters is 1. The highest BCUT2D eigenvalue weighted by atomic mass is 16.5. The van der Waals surface area contributed by atoms with Crippen LogP contribution in [0.1, 0.15) is 35.8 Å². The van der Waals surface area contributed by atoms with Crippen LogP contribution in [0.3, 0.4) is 0 Å². The van der Waals surface area contributed by atoms with Crippen LogP contribution in [0.5, 0.6) is 0 Å². The van der Waals surface area contributed by atoms with Gasteiger partial charge in [-0.25, -0.2) is 0 Å². The highest BCUT2D eigenvalue weighted by molar-refractivity contribution is 5.84. The number of benzene rings is 2. The molecule has 0 unspecified atom stereocenters.